The van der Waals surface area contributed by atoms with Crippen LogP contribution in [0.4, 0.5) is 5.69 Å². The SMILES string of the molecule is CC1(C)Oc2ccccc2N2CCC[C@H]21. The molecular weight excluding hydrogens is 186 g/mol. The van der Waals surface area contributed by atoms with Gasteiger partial charge in [0.2, 0.25) is 0 Å². The van der Waals surface area contributed by atoms with Crippen LogP contribution in [0.25, 0.3) is 0 Å². The van der Waals surface area contributed by atoms with Crippen molar-refractivity contribution < 1.29 is 4.74 Å². The first-order valence-electron chi connectivity index (χ1n) is 5.73. The highest BCUT2D eigenvalue weighted by atomic mass is 16.5. The van der Waals surface area contributed by atoms with Crippen LogP contribution in [0.2, 0.25) is 0 Å². The van der Waals surface area contributed by atoms with Crippen LogP contribution in [-0.2, 0) is 0 Å². The summed E-state index contributed by atoms with van der Waals surface area (Å²) in [5.74, 6) is 1.04. The largest absolute Gasteiger partial charge is 0.484 e. The van der Waals surface area contributed by atoms with Crippen molar-refractivity contribution in [3.05, 3.63) is 24.3 Å². The highest BCUT2D eigenvalue weighted by Crippen LogP contribution is 2.44. The van der Waals surface area contributed by atoms with Crippen molar-refractivity contribution in [1.29, 1.82) is 0 Å². The second kappa shape index (κ2) is 2.91. The van der Waals surface area contributed by atoms with Crippen LogP contribution in [0.3, 0.4) is 0 Å². The number of nitrogens with zero attached hydrogens (tertiary/aromatic N) is 1. The predicted molar refractivity (Wildman–Crippen MR) is 61.5 cm³/mol. The number of para-hydroxylation sites is 2. The molecule has 1 aromatic carbocycles. The fraction of sp³-hybridized carbons (Fsp3) is 0.538. The number of anilines is 1. The van der Waals surface area contributed by atoms with Crippen molar-refractivity contribution in [2.75, 3.05) is 11.4 Å². The number of benzene rings is 1. The van der Waals surface area contributed by atoms with E-state index in [1.54, 1.807) is 0 Å². The lowest BCUT2D eigenvalue weighted by Crippen LogP contribution is -2.52. The molecule has 2 aliphatic rings. The molecule has 0 bridgehead atoms. The van der Waals surface area contributed by atoms with E-state index in [1.807, 2.05) is 6.07 Å². The van der Waals surface area contributed by atoms with Gasteiger partial charge in [0.1, 0.15) is 11.4 Å². The van der Waals surface area contributed by atoms with E-state index in [0.717, 1.165) is 5.75 Å². The lowest BCUT2D eigenvalue weighted by Gasteiger charge is -2.44. The summed E-state index contributed by atoms with van der Waals surface area (Å²) >= 11 is 0. The molecular formula is C13H17NO. The van der Waals surface area contributed by atoms with Gasteiger partial charge in [-0.2, -0.15) is 0 Å². The first-order valence-corrected chi connectivity index (χ1v) is 5.73. The lowest BCUT2D eigenvalue weighted by molar-refractivity contribution is 0.0699. The van der Waals surface area contributed by atoms with Crippen LogP contribution in [0.5, 0.6) is 5.75 Å². The third-order valence-electron chi connectivity index (χ3n) is 3.60. The van der Waals surface area contributed by atoms with Gasteiger partial charge in [0.25, 0.3) is 0 Å². The Hall–Kier alpha value is -1.18. The van der Waals surface area contributed by atoms with E-state index in [-0.39, 0.29) is 5.60 Å². The van der Waals surface area contributed by atoms with Crippen molar-refractivity contribution in [3.63, 3.8) is 0 Å². The molecule has 2 heterocycles. The van der Waals surface area contributed by atoms with Crippen LogP contribution in [-0.4, -0.2) is 18.2 Å². The molecule has 0 aromatic heterocycles. The second-order valence-corrected chi connectivity index (χ2v) is 5.02. The zero-order chi connectivity index (χ0) is 10.5. The zero-order valence-electron chi connectivity index (χ0n) is 9.36. The molecule has 2 nitrogen and oxygen atoms in total. The van der Waals surface area contributed by atoms with Gasteiger partial charge in [0, 0.05) is 6.54 Å². The van der Waals surface area contributed by atoms with Crippen LogP contribution in [0.1, 0.15) is 26.7 Å². The lowest BCUT2D eigenvalue weighted by atomic mass is 9.94. The number of ether oxygens (including phenoxy) is 1. The van der Waals surface area contributed by atoms with E-state index in [0.29, 0.717) is 6.04 Å². The Labute approximate surface area is 90.8 Å². The van der Waals surface area contributed by atoms with Crippen molar-refractivity contribution in [2.24, 2.45) is 0 Å². The normalized spacial score (nSPS) is 26.8. The van der Waals surface area contributed by atoms with E-state index >= 15 is 0 Å². The van der Waals surface area contributed by atoms with Crippen molar-refractivity contribution in [3.8, 4) is 5.75 Å². The zero-order valence-corrected chi connectivity index (χ0v) is 9.36. The fourth-order valence-corrected chi connectivity index (χ4v) is 2.91. The molecule has 0 aliphatic carbocycles. The first kappa shape index (κ1) is 9.08. The summed E-state index contributed by atoms with van der Waals surface area (Å²) < 4.78 is 6.09. The van der Waals surface area contributed by atoms with Crippen molar-refractivity contribution >= 4 is 5.69 Å². The monoisotopic (exact) mass is 203 g/mol. The fourth-order valence-electron chi connectivity index (χ4n) is 2.91. The molecule has 0 amide bonds. The minimum absolute atomic E-state index is 0.0507. The maximum atomic E-state index is 6.09. The Balaban J connectivity index is 2.11. The Morgan fingerprint density at radius 2 is 2.13 bits per heavy atom. The summed E-state index contributed by atoms with van der Waals surface area (Å²) in [4.78, 5) is 2.51. The molecule has 0 spiro atoms. The van der Waals surface area contributed by atoms with Gasteiger partial charge in [-0.1, -0.05) is 12.1 Å². The number of fused-ring (bicyclic) bond motifs is 3. The van der Waals surface area contributed by atoms with E-state index in [2.05, 4.69) is 36.9 Å². The quantitative estimate of drug-likeness (QED) is 0.643. The molecule has 1 aromatic rings. The van der Waals surface area contributed by atoms with Gasteiger partial charge in [-0.25, -0.2) is 0 Å². The van der Waals surface area contributed by atoms with Crippen LogP contribution in [0, 0.1) is 0 Å². The summed E-state index contributed by atoms with van der Waals surface area (Å²) in [5, 5.41) is 0. The van der Waals surface area contributed by atoms with E-state index < -0.39 is 0 Å². The molecule has 0 radical (unpaired) electrons. The minimum atomic E-state index is -0.0507. The van der Waals surface area contributed by atoms with E-state index in [4.69, 9.17) is 4.74 Å². The average molecular weight is 203 g/mol. The Bertz CT molecular complexity index is 386. The molecule has 80 valence electrons. The standard InChI is InChI=1S/C13H17NO/c1-13(2)12-8-5-9-14(12)10-6-3-4-7-11(10)15-13/h3-4,6-7,12H,5,8-9H2,1-2H3/t12-/m0/s1. The molecule has 0 saturated carbocycles. The Morgan fingerprint density at radius 3 is 3.00 bits per heavy atom. The Kier molecular flexibility index (Phi) is 1.76. The van der Waals surface area contributed by atoms with E-state index in [9.17, 15) is 0 Å². The molecule has 1 saturated heterocycles. The molecule has 0 N–H and O–H groups in total. The number of rotatable bonds is 0. The first-order chi connectivity index (χ1) is 7.18. The molecule has 2 heteroatoms. The molecule has 0 unspecified atom stereocenters. The van der Waals surface area contributed by atoms with Gasteiger partial charge in [0.15, 0.2) is 0 Å². The van der Waals surface area contributed by atoms with Gasteiger partial charge in [-0.05, 0) is 38.8 Å². The summed E-state index contributed by atoms with van der Waals surface area (Å²) in [5.41, 5.74) is 1.23. The molecule has 1 atom stereocenters. The summed E-state index contributed by atoms with van der Waals surface area (Å²) in [6, 6.07) is 8.93. The van der Waals surface area contributed by atoms with Gasteiger partial charge < -0.3 is 9.64 Å². The molecule has 3 rings (SSSR count). The molecule has 2 aliphatic heterocycles. The predicted octanol–water partition coefficient (Wildman–Crippen LogP) is 2.83. The van der Waals surface area contributed by atoms with Gasteiger partial charge in [-0.15, -0.1) is 0 Å². The van der Waals surface area contributed by atoms with Gasteiger partial charge in [0.05, 0.1) is 11.7 Å². The summed E-state index contributed by atoms with van der Waals surface area (Å²) in [7, 11) is 0. The van der Waals surface area contributed by atoms with E-state index in [1.165, 1.54) is 25.1 Å². The topological polar surface area (TPSA) is 12.5 Å². The second-order valence-electron chi connectivity index (χ2n) is 5.02. The highest BCUT2D eigenvalue weighted by Gasteiger charge is 2.43. The van der Waals surface area contributed by atoms with Crippen LogP contribution in [0.15, 0.2) is 24.3 Å². The third kappa shape index (κ3) is 1.24. The van der Waals surface area contributed by atoms with Crippen molar-refractivity contribution in [1.82, 2.24) is 0 Å². The smallest absolute Gasteiger partial charge is 0.143 e. The maximum Gasteiger partial charge on any atom is 0.143 e. The average Bonchev–Trinajstić information content (AvgIpc) is 2.66. The van der Waals surface area contributed by atoms with Crippen molar-refractivity contribution in [2.45, 2.75) is 38.3 Å². The van der Waals surface area contributed by atoms with Crippen LogP contribution >= 0.6 is 0 Å². The van der Waals surface area contributed by atoms with Crippen LogP contribution < -0.4 is 9.64 Å². The summed E-state index contributed by atoms with van der Waals surface area (Å²) in [6.07, 6.45) is 2.53. The molecule has 1 fully saturated rings. The third-order valence-corrected chi connectivity index (χ3v) is 3.60. The summed E-state index contributed by atoms with van der Waals surface area (Å²) in [6.45, 7) is 5.58. The molecule has 15 heavy (non-hydrogen) atoms. The maximum absolute atomic E-state index is 6.09. The minimum Gasteiger partial charge on any atom is -0.484 e. The number of hydrogen-bond donors (Lipinski definition) is 0. The van der Waals surface area contributed by atoms with Gasteiger partial charge >= 0.3 is 0 Å². The Morgan fingerprint density at radius 1 is 1.33 bits per heavy atom. The highest BCUT2D eigenvalue weighted by molar-refractivity contribution is 5.62. The number of hydrogen-bond acceptors (Lipinski definition) is 2. The van der Waals surface area contributed by atoms with Gasteiger partial charge in [-0.3, -0.25) is 0 Å².